The summed E-state index contributed by atoms with van der Waals surface area (Å²) >= 11 is 2.19. The Morgan fingerprint density at radius 3 is 2.76 bits per heavy atom. The topological polar surface area (TPSA) is 12.0 Å². The normalized spacial score (nSPS) is 29.1. The predicted octanol–water partition coefficient (Wildman–Crippen LogP) is 4.67. The van der Waals surface area contributed by atoms with Crippen molar-refractivity contribution in [3.8, 4) is 0 Å². The van der Waals surface area contributed by atoms with E-state index in [1.807, 2.05) is 6.07 Å². The van der Waals surface area contributed by atoms with Crippen LogP contribution in [-0.2, 0) is 0 Å². The maximum absolute atomic E-state index is 13.0. The van der Waals surface area contributed by atoms with Gasteiger partial charge in [-0.15, -0.1) is 0 Å². The van der Waals surface area contributed by atoms with Crippen molar-refractivity contribution in [1.82, 2.24) is 0 Å². The lowest BCUT2D eigenvalue weighted by Gasteiger charge is -2.35. The van der Waals surface area contributed by atoms with Gasteiger partial charge in [-0.05, 0) is 59.0 Å². The molecule has 0 bridgehead atoms. The first kappa shape index (κ1) is 13.1. The van der Waals surface area contributed by atoms with E-state index in [1.54, 1.807) is 6.07 Å². The summed E-state index contributed by atoms with van der Waals surface area (Å²) in [5.41, 5.74) is 1.07. The maximum atomic E-state index is 13.0. The van der Waals surface area contributed by atoms with Gasteiger partial charge in [-0.3, -0.25) is 0 Å². The molecule has 0 amide bonds. The van der Waals surface area contributed by atoms with Gasteiger partial charge in [0, 0.05) is 15.3 Å². The summed E-state index contributed by atoms with van der Waals surface area (Å²) in [6.07, 6.45) is 3.85. The molecule has 1 saturated carbocycles. The summed E-state index contributed by atoms with van der Waals surface area (Å²) in [6, 6.07) is 5.49. The van der Waals surface area contributed by atoms with E-state index in [9.17, 15) is 4.39 Å². The van der Waals surface area contributed by atoms with Crippen molar-refractivity contribution in [3.63, 3.8) is 0 Å². The van der Waals surface area contributed by atoms with Gasteiger partial charge in [-0.25, -0.2) is 4.39 Å². The standard InChI is InChI=1S/C14H19FIN/c1-9-4-3-5-13(10(9)2)17-14-7-6-11(15)8-12(14)16/h6-10,13,17H,3-5H2,1-2H3. The van der Waals surface area contributed by atoms with Crippen LogP contribution in [0.3, 0.4) is 0 Å². The van der Waals surface area contributed by atoms with Gasteiger partial charge in [-0.1, -0.05) is 26.7 Å². The Labute approximate surface area is 116 Å². The number of benzene rings is 1. The number of hydrogen-bond acceptors (Lipinski definition) is 1. The summed E-state index contributed by atoms with van der Waals surface area (Å²) in [7, 11) is 0. The number of rotatable bonds is 2. The first-order chi connectivity index (χ1) is 8.08. The van der Waals surface area contributed by atoms with Crippen molar-refractivity contribution in [2.24, 2.45) is 11.8 Å². The molecule has 17 heavy (non-hydrogen) atoms. The second-order valence-corrected chi connectivity index (χ2v) is 6.30. The quantitative estimate of drug-likeness (QED) is 0.767. The molecule has 1 fully saturated rings. The number of hydrogen-bond donors (Lipinski definition) is 1. The third-order valence-corrected chi connectivity index (χ3v) is 4.87. The zero-order chi connectivity index (χ0) is 12.4. The Kier molecular flexibility index (Phi) is 4.28. The van der Waals surface area contributed by atoms with Crippen molar-refractivity contribution in [3.05, 3.63) is 27.6 Å². The maximum Gasteiger partial charge on any atom is 0.124 e. The van der Waals surface area contributed by atoms with Crippen LogP contribution >= 0.6 is 22.6 Å². The van der Waals surface area contributed by atoms with Gasteiger partial charge in [0.2, 0.25) is 0 Å². The largest absolute Gasteiger partial charge is 0.381 e. The van der Waals surface area contributed by atoms with Crippen molar-refractivity contribution in [2.75, 3.05) is 5.32 Å². The molecular weight excluding hydrogens is 328 g/mol. The molecule has 0 aliphatic heterocycles. The fourth-order valence-electron chi connectivity index (χ4n) is 2.59. The molecule has 1 aromatic rings. The van der Waals surface area contributed by atoms with Crippen LogP contribution in [0.4, 0.5) is 10.1 Å². The predicted molar refractivity (Wildman–Crippen MR) is 78.7 cm³/mol. The number of anilines is 1. The highest BCUT2D eigenvalue weighted by Crippen LogP contribution is 2.32. The Balaban J connectivity index is 2.09. The Hall–Kier alpha value is -0.320. The average Bonchev–Trinajstić information content (AvgIpc) is 2.28. The summed E-state index contributed by atoms with van der Waals surface area (Å²) in [5.74, 6) is 1.30. The highest BCUT2D eigenvalue weighted by Gasteiger charge is 2.27. The molecule has 3 atom stereocenters. The van der Waals surface area contributed by atoms with Crippen LogP contribution in [0.1, 0.15) is 33.1 Å². The summed E-state index contributed by atoms with van der Waals surface area (Å²) in [5, 5.41) is 3.58. The Morgan fingerprint density at radius 1 is 1.29 bits per heavy atom. The molecule has 1 N–H and O–H groups in total. The second-order valence-electron chi connectivity index (χ2n) is 5.14. The smallest absolute Gasteiger partial charge is 0.124 e. The number of nitrogens with one attached hydrogen (secondary N) is 1. The average molecular weight is 347 g/mol. The van der Waals surface area contributed by atoms with Crippen LogP contribution < -0.4 is 5.32 Å². The van der Waals surface area contributed by atoms with Crippen LogP contribution in [0.5, 0.6) is 0 Å². The van der Waals surface area contributed by atoms with E-state index >= 15 is 0 Å². The first-order valence-corrected chi connectivity index (χ1v) is 7.37. The van der Waals surface area contributed by atoms with E-state index in [-0.39, 0.29) is 5.82 Å². The van der Waals surface area contributed by atoms with Crippen molar-refractivity contribution in [2.45, 2.75) is 39.2 Å². The second kappa shape index (κ2) is 5.55. The third-order valence-electron chi connectivity index (χ3n) is 3.98. The molecule has 0 saturated heterocycles. The van der Waals surface area contributed by atoms with Crippen molar-refractivity contribution < 1.29 is 4.39 Å². The third kappa shape index (κ3) is 3.12. The SMILES string of the molecule is CC1CCCC(Nc2ccc(F)cc2I)C1C. The molecule has 0 radical (unpaired) electrons. The van der Waals surface area contributed by atoms with Gasteiger partial charge < -0.3 is 5.32 Å². The molecule has 1 aliphatic carbocycles. The molecule has 94 valence electrons. The lowest BCUT2D eigenvalue weighted by Crippen LogP contribution is -2.35. The van der Waals surface area contributed by atoms with Crippen LogP contribution in [-0.4, -0.2) is 6.04 Å². The molecule has 2 rings (SSSR count). The van der Waals surface area contributed by atoms with E-state index in [2.05, 4.69) is 41.8 Å². The summed E-state index contributed by atoms with van der Waals surface area (Å²) in [4.78, 5) is 0. The van der Waals surface area contributed by atoms with Crippen LogP contribution in [0.2, 0.25) is 0 Å². The molecule has 3 unspecified atom stereocenters. The fraction of sp³-hybridized carbons (Fsp3) is 0.571. The molecule has 1 aromatic carbocycles. The first-order valence-electron chi connectivity index (χ1n) is 6.29. The molecule has 1 aliphatic rings. The number of halogens is 2. The zero-order valence-corrected chi connectivity index (χ0v) is 12.5. The lowest BCUT2D eigenvalue weighted by molar-refractivity contribution is 0.253. The highest BCUT2D eigenvalue weighted by atomic mass is 127. The lowest BCUT2D eigenvalue weighted by atomic mass is 9.78. The van der Waals surface area contributed by atoms with Gasteiger partial charge in [0.25, 0.3) is 0 Å². The van der Waals surface area contributed by atoms with Crippen LogP contribution in [0.25, 0.3) is 0 Å². The van der Waals surface area contributed by atoms with Crippen LogP contribution in [0.15, 0.2) is 18.2 Å². The minimum absolute atomic E-state index is 0.162. The molecule has 0 spiro atoms. The van der Waals surface area contributed by atoms with E-state index < -0.39 is 0 Å². The molecule has 0 aromatic heterocycles. The minimum Gasteiger partial charge on any atom is -0.381 e. The molecular formula is C14H19FIN. The Bertz CT molecular complexity index is 394. The zero-order valence-electron chi connectivity index (χ0n) is 10.3. The Morgan fingerprint density at radius 2 is 2.06 bits per heavy atom. The molecule has 0 heterocycles. The van der Waals surface area contributed by atoms with Crippen molar-refractivity contribution in [1.29, 1.82) is 0 Å². The van der Waals surface area contributed by atoms with Gasteiger partial charge in [0.1, 0.15) is 5.82 Å². The van der Waals surface area contributed by atoms with Gasteiger partial charge in [-0.2, -0.15) is 0 Å². The van der Waals surface area contributed by atoms with Crippen LogP contribution in [0, 0.1) is 21.2 Å². The summed E-state index contributed by atoms with van der Waals surface area (Å²) in [6.45, 7) is 4.64. The van der Waals surface area contributed by atoms with Gasteiger partial charge in [0.05, 0.1) is 0 Å². The van der Waals surface area contributed by atoms with Gasteiger partial charge in [0.15, 0.2) is 0 Å². The van der Waals surface area contributed by atoms with Crippen molar-refractivity contribution >= 4 is 28.3 Å². The van der Waals surface area contributed by atoms with E-state index in [0.29, 0.717) is 12.0 Å². The van der Waals surface area contributed by atoms with Gasteiger partial charge >= 0.3 is 0 Å². The molecule has 3 heteroatoms. The minimum atomic E-state index is -0.162. The highest BCUT2D eigenvalue weighted by molar-refractivity contribution is 14.1. The fourth-order valence-corrected chi connectivity index (χ4v) is 3.22. The monoisotopic (exact) mass is 347 g/mol. The van der Waals surface area contributed by atoms with E-state index in [0.717, 1.165) is 15.2 Å². The van der Waals surface area contributed by atoms with E-state index in [1.165, 1.54) is 25.3 Å². The van der Waals surface area contributed by atoms with E-state index in [4.69, 9.17) is 0 Å². The molecule has 1 nitrogen and oxygen atoms in total. The summed E-state index contributed by atoms with van der Waals surface area (Å²) < 4.78 is 14.0.